The van der Waals surface area contributed by atoms with Crippen LogP contribution < -0.4 is 4.74 Å². The zero-order chi connectivity index (χ0) is 15.2. The summed E-state index contributed by atoms with van der Waals surface area (Å²) >= 11 is 0. The summed E-state index contributed by atoms with van der Waals surface area (Å²) in [6.45, 7) is 0.560. The molecular formula is C20H15NO. The van der Waals surface area contributed by atoms with Crippen LogP contribution in [0.2, 0.25) is 0 Å². The fourth-order valence-electron chi connectivity index (χ4n) is 2.25. The summed E-state index contributed by atoms with van der Waals surface area (Å²) in [4.78, 5) is 0. The first kappa shape index (κ1) is 13.9. The van der Waals surface area contributed by atoms with E-state index >= 15 is 0 Å². The summed E-state index contributed by atoms with van der Waals surface area (Å²) in [7, 11) is 0. The summed E-state index contributed by atoms with van der Waals surface area (Å²) in [5.74, 6) is 0.837. The molecule has 3 aromatic carbocycles. The van der Waals surface area contributed by atoms with E-state index in [-0.39, 0.29) is 0 Å². The molecule has 3 rings (SSSR count). The first-order valence-corrected chi connectivity index (χ1v) is 7.12. The third-order valence-corrected chi connectivity index (χ3v) is 3.43. The Morgan fingerprint density at radius 1 is 0.773 bits per heavy atom. The highest BCUT2D eigenvalue weighted by Crippen LogP contribution is 2.23. The number of hydrogen-bond acceptors (Lipinski definition) is 2. The average molecular weight is 285 g/mol. The van der Waals surface area contributed by atoms with Crippen molar-refractivity contribution < 1.29 is 4.74 Å². The molecule has 0 heterocycles. The topological polar surface area (TPSA) is 33.0 Å². The average Bonchev–Trinajstić information content (AvgIpc) is 2.61. The molecular weight excluding hydrogens is 270 g/mol. The Morgan fingerprint density at radius 2 is 1.55 bits per heavy atom. The molecule has 0 aliphatic rings. The zero-order valence-corrected chi connectivity index (χ0v) is 12.1. The van der Waals surface area contributed by atoms with E-state index in [4.69, 9.17) is 10.00 Å². The van der Waals surface area contributed by atoms with Crippen molar-refractivity contribution in [1.29, 1.82) is 5.26 Å². The van der Waals surface area contributed by atoms with Crippen LogP contribution in [0.15, 0.2) is 78.9 Å². The van der Waals surface area contributed by atoms with Gasteiger partial charge in [0.05, 0.1) is 11.6 Å². The van der Waals surface area contributed by atoms with Crippen LogP contribution in [-0.4, -0.2) is 0 Å². The van der Waals surface area contributed by atoms with E-state index in [2.05, 4.69) is 6.07 Å². The van der Waals surface area contributed by atoms with Gasteiger partial charge in [0.25, 0.3) is 0 Å². The molecule has 3 aromatic rings. The Bertz CT molecular complexity index is 786. The van der Waals surface area contributed by atoms with Crippen molar-refractivity contribution in [2.75, 3.05) is 0 Å². The molecule has 0 N–H and O–H groups in total. The van der Waals surface area contributed by atoms with Gasteiger partial charge in [-0.1, -0.05) is 54.6 Å². The first-order chi connectivity index (χ1) is 10.8. The monoisotopic (exact) mass is 285 g/mol. The normalized spacial score (nSPS) is 9.95. The number of hydrogen-bond donors (Lipinski definition) is 0. The molecule has 0 aliphatic heterocycles. The largest absolute Gasteiger partial charge is 0.489 e. The molecule has 0 saturated carbocycles. The molecule has 2 nitrogen and oxygen atoms in total. The molecule has 0 unspecified atom stereocenters. The smallest absolute Gasteiger partial charge is 0.119 e. The van der Waals surface area contributed by atoms with Crippen LogP contribution in [0.25, 0.3) is 11.1 Å². The van der Waals surface area contributed by atoms with E-state index in [0.29, 0.717) is 12.2 Å². The van der Waals surface area contributed by atoms with Gasteiger partial charge < -0.3 is 4.74 Å². The molecule has 0 saturated heterocycles. The van der Waals surface area contributed by atoms with E-state index < -0.39 is 0 Å². The molecule has 0 spiro atoms. The summed E-state index contributed by atoms with van der Waals surface area (Å²) in [5.41, 5.74) is 3.92. The number of benzene rings is 3. The van der Waals surface area contributed by atoms with E-state index in [1.807, 2.05) is 72.8 Å². The van der Waals surface area contributed by atoms with E-state index in [1.54, 1.807) is 6.07 Å². The highest BCUT2D eigenvalue weighted by atomic mass is 16.5. The molecule has 0 aromatic heterocycles. The van der Waals surface area contributed by atoms with Crippen molar-refractivity contribution in [3.8, 4) is 22.9 Å². The van der Waals surface area contributed by atoms with Gasteiger partial charge in [0.1, 0.15) is 12.4 Å². The third-order valence-electron chi connectivity index (χ3n) is 3.43. The van der Waals surface area contributed by atoms with Crippen molar-refractivity contribution >= 4 is 0 Å². The lowest BCUT2D eigenvalue weighted by Crippen LogP contribution is -1.94. The van der Waals surface area contributed by atoms with Crippen molar-refractivity contribution in [1.82, 2.24) is 0 Å². The number of nitrogens with zero attached hydrogens (tertiary/aromatic N) is 1. The molecule has 0 aliphatic carbocycles. The molecule has 106 valence electrons. The maximum absolute atomic E-state index is 8.96. The van der Waals surface area contributed by atoms with Gasteiger partial charge in [-0.15, -0.1) is 0 Å². The van der Waals surface area contributed by atoms with Crippen LogP contribution >= 0.6 is 0 Å². The predicted molar refractivity (Wildman–Crippen MR) is 87.4 cm³/mol. The lowest BCUT2D eigenvalue weighted by molar-refractivity contribution is 0.306. The molecule has 22 heavy (non-hydrogen) atoms. The molecule has 0 fully saturated rings. The maximum atomic E-state index is 8.96. The molecule has 0 atom stereocenters. The first-order valence-electron chi connectivity index (χ1n) is 7.12. The van der Waals surface area contributed by atoms with Gasteiger partial charge in [-0.2, -0.15) is 5.26 Å². The van der Waals surface area contributed by atoms with Crippen LogP contribution in [0.3, 0.4) is 0 Å². The van der Waals surface area contributed by atoms with Crippen molar-refractivity contribution in [2.45, 2.75) is 6.61 Å². The van der Waals surface area contributed by atoms with Crippen molar-refractivity contribution in [3.63, 3.8) is 0 Å². The Hall–Kier alpha value is -3.05. The second-order valence-electron chi connectivity index (χ2n) is 4.99. The molecule has 0 radical (unpaired) electrons. The number of nitriles is 1. The molecule has 0 bridgehead atoms. The predicted octanol–water partition coefficient (Wildman–Crippen LogP) is 4.80. The van der Waals surface area contributed by atoms with Crippen LogP contribution in [0.1, 0.15) is 11.1 Å². The van der Waals surface area contributed by atoms with Gasteiger partial charge >= 0.3 is 0 Å². The second kappa shape index (κ2) is 6.60. The second-order valence-corrected chi connectivity index (χ2v) is 4.99. The van der Waals surface area contributed by atoms with Crippen LogP contribution in [-0.2, 0) is 6.61 Å². The van der Waals surface area contributed by atoms with Crippen molar-refractivity contribution in [2.24, 2.45) is 0 Å². The van der Waals surface area contributed by atoms with Crippen LogP contribution in [0, 0.1) is 11.3 Å². The summed E-state index contributed by atoms with van der Waals surface area (Å²) < 4.78 is 5.78. The highest BCUT2D eigenvalue weighted by molar-refractivity contribution is 5.65. The van der Waals surface area contributed by atoms with Crippen LogP contribution in [0.5, 0.6) is 5.75 Å². The standard InChI is InChI=1S/C20H15NO/c21-14-17-7-4-8-19(13-17)18-9-11-20(12-10-18)22-15-16-5-2-1-3-6-16/h1-13H,15H2. The fraction of sp³-hybridized carbons (Fsp3) is 0.0500. The Balaban J connectivity index is 1.71. The van der Waals surface area contributed by atoms with E-state index in [0.717, 1.165) is 22.4 Å². The lowest BCUT2D eigenvalue weighted by Gasteiger charge is -2.08. The van der Waals surface area contributed by atoms with Crippen molar-refractivity contribution in [3.05, 3.63) is 90.0 Å². The van der Waals surface area contributed by atoms with Gasteiger partial charge in [0.15, 0.2) is 0 Å². The third kappa shape index (κ3) is 3.34. The zero-order valence-electron chi connectivity index (χ0n) is 12.1. The number of ether oxygens (including phenoxy) is 1. The molecule has 2 heteroatoms. The SMILES string of the molecule is N#Cc1cccc(-c2ccc(OCc3ccccc3)cc2)c1. The molecule has 0 amide bonds. The Kier molecular flexibility index (Phi) is 4.17. The lowest BCUT2D eigenvalue weighted by atomic mass is 10.0. The highest BCUT2D eigenvalue weighted by Gasteiger charge is 2.00. The Morgan fingerprint density at radius 3 is 2.27 bits per heavy atom. The summed E-state index contributed by atoms with van der Waals surface area (Å²) in [6.07, 6.45) is 0. The van der Waals surface area contributed by atoms with Gasteiger partial charge in [0.2, 0.25) is 0 Å². The van der Waals surface area contributed by atoms with E-state index in [9.17, 15) is 0 Å². The van der Waals surface area contributed by atoms with E-state index in [1.165, 1.54) is 0 Å². The number of rotatable bonds is 4. The minimum Gasteiger partial charge on any atom is -0.489 e. The van der Waals surface area contributed by atoms with Gasteiger partial charge in [-0.05, 0) is 41.0 Å². The minimum absolute atomic E-state index is 0.560. The summed E-state index contributed by atoms with van der Waals surface area (Å²) in [5, 5.41) is 8.96. The van der Waals surface area contributed by atoms with Gasteiger partial charge in [0, 0.05) is 0 Å². The Labute approximate surface area is 130 Å². The fourth-order valence-corrected chi connectivity index (χ4v) is 2.25. The quantitative estimate of drug-likeness (QED) is 0.689. The summed E-state index contributed by atoms with van der Waals surface area (Å²) in [6, 6.07) is 27.8. The maximum Gasteiger partial charge on any atom is 0.119 e. The van der Waals surface area contributed by atoms with Gasteiger partial charge in [-0.25, -0.2) is 0 Å². The van der Waals surface area contributed by atoms with Crippen LogP contribution in [0.4, 0.5) is 0 Å². The van der Waals surface area contributed by atoms with Gasteiger partial charge in [-0.3, -0.25) is 0 Å². The minimum atomic E-state index is 0.560.